The number of phenolic OH excluding ortho intramolecular Hbond substituents is 1. The van der Waals surface area contributed by atoms with E-state index in [1.165, 1.54) is 5.56 Å². The highest BCUT2D eigenvalue weighted by Crippen LogP contribution is 2.24. The number of carbonyl (C=O) groups is 1. The normalized spacial score (nSPS) is 12.8. The maximum Gasteiger partial charge on any atom is 0.251 e. The minimum absolute atomic E-state index is 0.00744. The number of rotatable bonds is 11. The standard InChI is InChI=1S/C39H46N4O3/c1-26(46-39(6,7)8)21-22-40-27(2)35(43-37(45)31-13-17-33(18-14-31)38(3,4)5)23-28-9-11-30(12-10-28)36-41-24-32(25-42-36)29-15-19-34(44)20-16-29/h9-20,24-25,35,44H,1,21-23H2,2-8H3,(H,43,45). The molecule has 0 aliphatic carbocycles. The zero-order valence-corrected chi connectivity index (χ0v) is 28.1. The van der Waals surface area contributed by atoms with Crippen molar-refractivity contribution < 1.29 is 14.6 Å². The third kappa shape index (κ3) is 9.86. The predicted octanol–water partition coefficient (Wildman–Crippen LogP) is 8.33. The lowest BCUT2D eigenvalue weighted by molar-refractivity contribution is 0.0485. The minimum Gasteiger partial charge on any atom is -0.508 e. The number of aromatic nitrogens is 2. The molecule has 1 aromatic heterocycles. The van der Waals surface area contributed by atoms with Crippen molar-refractivity contribution in [2.75, 3.05) is 6.54 Å². The predicted molar refractivity (Wildman–Crippen MR) is 187 cm³/mol. The van der Waals surface area contributed by atoms with E-state index in [4.69, 9.17) is 9.73 Å². The van der Waals surface area contributed by atoms with Crippen LogP contribution >= 0.6 is 0 Å². The van der Waals surface area contributed by atoms with Crippen LogP contribution in [0.25, 0.3) is 22.5 Å². The largest absolute Gasteiger partial charge is 0.508 e. The molecule has 4 rings (SSSR count). The molecule has 0 saturated heterocycles. The van der Waals surface area contributed by atoms with Crippen LogP contribution in [0, 0.1) is 0 Å². The maximum absolute atomic E-state index is 13.4. The van der Waals surface area contributed by atoms with Crippen molar-refractivity contribution in [2.45, 2.75) is 78.4 Å². The second kappa shape index (κ2) is 14.5. The molecule has 46 heavy (non-hydrogen) atoms. The average Bonchev–Trinajstić information content (AvgIpc) is 3.00. The number of carbonyl (C=O) groups excluding carboxylic acids is 1. The number of benzene rings is 3. The van der Waals surface area contributed by atoms with E-state index in [1.807, 2.05) is 88.4 Å². The minimum atomic E-state index is -0.307. The summed E-state index contributed by atoms with van der Waals surface area (Å²) in [7, 11) is 0. The van der Waals surface area contributed by atoms with Crippen LogP contribution in [0.15, 0.2) is 103 Å². The summed E-state index contributed by atoms with van der Waals surface area (Å²) in [5, 5.41) is 12.8. The van der Waals surface area contributed by atoms with Crippen molar-refractivity contribution in [3.8, 4) is 28.3 Å². The van der Waals surface area contributed by atoms with E-state index < -0.39 is 0 Å². The van der Waals surface area contributed by atoms with Crippen molar-refractivity contribution in [3.63, 3.8) is 0 Å². The van der Waals surface area contributed by atoms with Crippen LogP contribution in [-0.4, -0.2) is 44.9 Å². The molecule has 7 heteroatoms. The second-order valence-electron chi connectivity index (χ2n) is 13.6. The van der Waals surface area contributed by atoms with Gasteiger partial charge < -0.3 is 15.2 Å². The first-order valence-corrected chi connectivity index (χ1v) is 15.7. The highest BCUT2D eigenvalue weighted by molar-refractivity contribution is 5.98. The van der Waals surface area contributed by atoms with Crippen molar-refractivity contribution in [1.29, 1.82) is 0 Å². The van der Waals surface area contributed by atoms with Gasteiger partial charge in [0.15, 0.2) is 5.82 Å². The van der Waals surface area contributed by atoms with Crippen molar-refractivity contribution >= 4 is 11.6 Å². The molecular formula is C39H46N4O3. The molecule has 0 radical (unpaired) electrons. The fourth-order valence-electron chi connectivity index (χ4n) is 4.92. The summed E-state index contributed by atoms with van der Waals surface area (Å²) in [4.78, 5) is 27.3. The van der Waals surface area contributed by atoms with E-state index >= 15 is 0 Å². The molecule has 0 saturated carbocycles. The van der Waals surface area contributed by atoms with Crippen LogP contribution in [0.2, 0.25) is 0 Å². The van der Waals surface area contributed by atoms with E-state index in [2.05, 4.69) is 42.6 Å². The topological polar surface area (TPSA) is 96.7 Å². The molecule has 240 valence electrons. The van der Waals surface area contributed by atoms with Gasteiger partial charge in [-0.3, -0.25) is 9.79 Å². The maximum atomic E-state index is 13.4. The molecule has 4 aromatic rings. The number of phenols is 1. The van der Waals surface area contributed by atoms with Crippen LogP contribution in [0.3, 0.4) is 0 Å². The number of nitrogens with one attached hydrogen (secondary N) is 1. The Morgan fingerprint density at radius 2 is 1.46 bits per heavy atom. The third-order valence-electron chi connectivity index (χ3n) is 7.53. The number of ether oxygens (including phenoxy) is 1. The highest BCUT2D eigenvalue weighted by Gasteiger charge is 2.20. The SMILES string of the molecule is C=C(CCN=C(C)C(Cc1ccc(-c2ncc(-c3ccc(O)cc3)cn2)cc1)NC(=O)c1ccc(C(C)(C)C)cc1)OC(C)(C)C. The summed E-state index contributed by atoms with van der Waals surface area (Å²) >= 11 is 0. The van der Waals surface area contributed by atoms with Crippen LogP contribution in [0.4, 0.5) is 0 Å². The number of nitrogens with zero attached hydrogens (tertiary/aromatic N) is 3. The lowest BCUT2D eigenvalue weighted by atomic mass is 9.86. The summed E-state index contributed by atoms with van der Waals surface area (Å²) in [6.07, 6.45) is 4.73. The Kier molecular flexibility index (Phi) is 10.8. The fraction of sp³-hybridized carbons (Fsp3) is 0.333. The molecule has 1 amide bonds. The third-order valence-corrected chi connectivity index (χ3v) is 7.53. The Morgan fingerprint density at radius 1 is 0.870 bits per heavy atom. The van der Waals surface area contributed by atoms with Gasteiger partial charge in [-0.2, -0.15) is 0 Å². The first-order chi connectivity index (χ1) is 21.7. The molecule has 1 unspecified atom stereocenters. The van der Waals surface area contributed by atoms with Gasteiger partial charge in [0.1, 0.15) is 11.4 Å². The first kappa shape index (κ1) is 34.1. The van der Waals surface area contributed by atoms with Crippen LogP contribution in [0.5, 0.6) is 5.75 Å². The number of hydrogen-bond acceptors (Lipinski definition) is 6. The Morgan fingerprint density at radius 3 is 2.02 bits per heavy atom. The summed E-state index contributed by atoms with van der Waals surface area (Å²) in [5.41, 5.74) is 6.07. The monoisotopic (exact) mass is 618 g/mol. The zero-order valence-electron chi connectivity index (χ0n) is 28.1. The Balaban J connectivity index is 1.49. The number of hydrogen-bond donors (Lipinski definition) is 2. The van der Waals surface area contributed by atoms with Gasteiger partial charge in [0.25, 0.3) is 5.91 Å². The number of amides is 1. The first-order valence-electron chi connectivity index (χ1n) is 15.7. The zero-order chi connectivity index (χ0) is 33.5. The number of aliphatic imine (C=N–C) groups is 1. The smallest absolute Gasteiger partial charge is 0.251 e. The summed E-state index contributed by atoms with van der Waals surface area (Å²) in [6.45, 7) is 19.0. The number of aromatic hydroxyl groups is 1. The highest BCUT2D eigenvalue weighted by atomic mass is 16.5. The van der Waals surface area contributed by atoms with Crippen LogP contribution in [0.1, 0.15) is 76.4 Å². The van der Waals surface area contributed by atoms with Crippen molar-refractivity contribution in [2.24, 2.45) is 4.99 Å². The Bertz CT molecular complexity index is 1640. The van der Waals surface area contributed by atoms with Crippen LogP contribution in [-0.2, 0) is 16.6 Å². The van der Waals surface area contributed by atoms with E-state index in [0.29, 0.717) is 36.5 Å². The second-order valence-corrected chi connectivity index (χ2v) is 13.6. The fourth-order valence-corrected chi connectivity index (χ4v) is 4.92. The van der Waals surface area contributed by atoms with Gasteiger partial charge in [-0.15, -0.1) is 0 Å². The molecule has 7 nitrogen and oxygen atoms in total. The lowest BCUT2D eigenvalue weighted by Crippen LogP contribution is -2.41. The molecule has 2 N–H and O–H groups in total. The van der Waals surface area contributed by atoms with Gasteiger partial charge in [0.05, 0.1) is 11.8 Å². The van der Waals surface area contributed by atoms with Gasteiger partial charge in [0.2, 0.25) is 0 Å². The Hall–Kier alpha value is -4.78. The summed E-state index contributed by atoms with van der Waals surface area (Å²) in [5.74, 6) is 1.39. The van der Waals surface area contributed by atoms with Crippen LogP contribution < -0.4 is 5.32 Å². The van der Waals surface area contributed by atoms with E-state index in [1.54, 1.807) is 24.5 Å². The molecule has 0 bridgehead atoms. The van der Waals surface area contributed by atoms with Gasteiger partial charge >= 0.3 is 0 Å². The molecule has 0 aliphatic heterocycles. The lowest BCUT2D eigenvalue weighted by Gasteiger charge is -2.23. The van der Waals surface area contributed by atoms with E-state index in [0.717, 1.165) is 28.0 Å². The van der Waals surface area contributed by atoms with Gasteiger partial charge in [0, 0.05) is 47.8 Å². The van der Waals surface area contributed by atoms with Gasteiger partial charge in [-0.05, 0) is 80.5 Å². The van der Waals surface area contributed by atoms with E-state index in [9.17, 15) is 9.90 Å². The van der Waals surface area contributed by atoms with Crippen molar-refractivity contribution in [3.05, 3.63) is 114 Å². The molecular weight excluding hydrogens is 572 g/mol. The van der Waals surface area contributed by atoms with Crippen molar-refractivity contribution in [1.82, 2.24) is 15.3 Å². The summed E-state index contributed by atoms with van der Waals surface area (Å²) in [6, 6.07) is 22.5. The van der Waals surface area contributed by atoms with Gasteiger partial charge in [-0.25, -0.2) is 9.97 Å². The Labute approximate surface area is 273 Å². The average molecular weight is 619 g/mol. The van der Waals surface area contributed by atoms with E-state index in [-0.39, 0.29) is 28.7 Å². The molecule has 0 aliphatic rings. The quantitative estimate of drug-likeness (QED) is 0.130. The molecule has 3 aromatic carbocycles. The van der Waals surface area contributed by atoms with Gasteiger partial charge in [-0.1, -0.05) is 75.9 Å². The molecule has 1 heterocycles. The molecule has 0 spiro atoms. The summed E-state index contributed by atoms with van der Waals surface area (Å²) < 4.78 is 5.86. The molecule has 1 atom stereocenters. The molecule has 0 fully saturated rings.